The molecule has 3 amide bonds. The number of hydrogen-bond donors (Lipinski definition) is 1. The lowest BCUT2D eigenvalue weighted by Crippen LogP contribution is -2.36. The Bertz CT molecular complexity index is 712. The molecular formula is C15H14N2O6. The second-order valence-corrected chi connectivity index (χ2v) is 4.86. The Morgan fingerprint density at radius 2 is 2.04 bits per heavy atom. The molecule has 2 aliphatic rings. The number of nitrogens with one attached hydrogen (secondary N) is 1. The molecule has 1 fully saturated rings. The van der Waals surface area contributed by atoms with Crippen molar-refractivity contribution in [1.82, 2.24) is 10.2 Å². The average molecular weight is 318 g/mol. The SMILES string of the molecule is COC(=O)CN1C(=O)N/C(=C/c2ccc3c(c2)OCCO3)C1=O. The van der Waals surface area contributed by atoms with Crippen molar-refractivity contribution in [2.45, 2.75) is 0 Å². The fraction of sp³-hybridized carbons (Fsp3) is 0.267. The van der Waals surface area contributed by atoms with Gasteiger partial charge in [0.1, 0.15) is 25.5 Å². The van der Waals surface area contributed by atoms with Gasteiger partial charge in [-0.3, -0.25) is 9.59 Å². The van der Waals surface area contributed by atoms with Gasteiger partial charge in [-0.15, -0.1) is 0 Å². The van der Waals surface area contributed by atoms with E-state index in [-0.39, 0.29) is 5.70 Å². The summed E-state index contributed by atoms with van der Waals surface area (Å²) >= 11 is 0. The number of nitrogens with zero attached hydrogens (tertiary/aromatic N) is 1. The first-order valence-electron chi connectivity index (χ1n) is 6.89. The summed E-state index contributed by atoms with van der Waals surface area (Å²) < 4.78 is 15.3. The van der Waals surface area contributed by atoms with Crippen LogP contribution in [0.4, 0.5) is 4.79 Å². The van der Waals surface area contributed by atoms with Gasteiger partial charge in [-0.05, 0) is 23.8 Å². The van der Waals surface area contributed by atoms with Crippen LogP contribution in [0.1, 0.15) is 5.56 Å². The third-order valence-electron chi connectivity index (χ3n) is 3.35. The van der Waals surface area contributed by atoms with Gasteiger partial charge in [0.15, 0.2) is 11.5 Å². The van der Waals surface area contributed by atoms with Gasteiger partial charge in [0.05, 0.1) is 7.11 Å². The standard InChI is InChI=1S/C15H14N2O6/c1-21-13(18)8-17-14(19)10(16-15(17)20)6-9-2-3-11-12(7-9)23-5-4-22-11/h2-3,6-7H,4-5,8H2,1H3,(H,16,20)/b10-6+. The molecule has 0 bridgehead atoms. The van der Waals surface area contributed by atoms with Crippen molar-refractivity contribution < 1.29 is 28.6 Å². The van der Waals surface area contributed by atoms with Gasteiger partial charge in [0.25, 0.3) is 5.91 Å². The Hall–Kier alpha value is -3.03. The highest BCUT2D eigenvalue weighted by molar-refractivity contribution is 6.15. The number of methoxy groups -OCH3 is 1. The first kappa shape index (κ1) is 14.9. The van der Waals surface area contributed by atoms with Crippen molar-refractivity contribution in [1.29, 1.82) is 0 Å². The maximum Gasteiger partial charge on any atom is 0.329 e. The molecule has 23 heavy (non-hydrogen) atoms. The van der Waals surface area contributed by atoms with Crippen LogP contribution in [0.25, 0.3) is 6.08 Å². The molecule has 0 radical (unpaired) electrons. The molecule has 2 heterocycles. The minimum absolute atomic E-state index is 0.0792. The predicted octanol–water partition coefficient (Wildman–Crippen LogP) is 0.523. The number of benzene rings is 1. The number of esters is 1. The van der Waals surface area contributed by atoms with Gasteiger partial charge >= 0.3 is 12.0 Å². The lowest BCUT2D eigenvalue weighted by atomic mass is 10.1. The molecule has 0 aromatic heterocycles. The summed E-state index contributed by atoms with van der Waals surface area (Å²) in [6.07, 6.45) is 1.51. The number of imide groups is 1. The molecule has 1 N–H and O–H groups in total. The first-order chi connectivity index (χ1) is 11.1. The molecule has 0 spiro atoms. The van der Waals surface area contributed by atoms with E-state index in [4.69, 9.17) is 9.47 Å². The van der Waals surface area contributed by atoms with E-state index in [2.05, 4.69) is 10.1 Å². The second-order valence-electron chi connectivity index (χ2n) is 4.86. The van der Waals surface area contributed by atoms with Gasteiger partial charge in [-0.2, -0.15) is 0 Å². The summed E-state index contributed by atoms with van der Waals surface area (Å²) in [6, 6.07) is 4.52. The van der Waals surface area contributed by atoms with E-state index in [0.29, 0.717) is 30.3 Å². The second kappa shape index (κ2) is 5.99. The molecular weight excluding hydrogens is 304 g/mol. The van der Waals surface area contributed by atoms with E-state index in [1.54, 1.807) is 18.2 Å². The molecule has 2 aliphatic heterocycles. The summed E-state index contributed by atoms with van der Waals surface area (Å²) in [5.74, 6) is -0.0503. The maximum absolute atomic E-state index is 12.2. The maximum atomic E-state index is 12.2. The van der Waals surface area contributed by atoms with E-state index >= 15 is 0 Å². The van der Waals surface area contributed by atoms with Gasteiger partial charge in [-0.25, -0.2) is 9.69 Å². The Balaban J connectivity index is 1.81. The fourth-order valence-corrected chi connectivity index (χ4v) is 2.23. The van der Waals surface area contributed by atoms with Gasteiger partial charge in [-0.1, -0.05) is 6.07 Å². The molecule has 120 valence electrons. The van der Waals surface area contributed by atoms with Crippen molar-refractivity contribution in [3.8, 4) is 11.5 Å². The third kappa shape index (κ3) is 2.96. The first-order valence-corrected chi connectivity index (χ1v) is 6.89. The largest absolute Gasteiger partial charge is 0.486 e. The van der Waals surface area contributed by atoms with Crippen LogP contribution in [0.5, 0.6) is 11.5 Å². The number of carbonyl (C=O) groups excluding carboxylic acids is 3. The smallest absolute Gasteiger partial charge is 0.329 e. The zero-order chi connectivity index (χ0) is 16.4. The number of urea groups is 1. The summed E-state index contributed by atoms with van der Waals surface area (Å²) in [6.45, 7) is 0.514. The van der Waals surface area contributed by atoms with Crippen molar-refractivity contribution >= 4 is 24.0 Å². The topological polar surface area (TPSA) is 94.2 Å². The van der Waals surface area contributed by atoms with Gasteiger partial charge < -0.3 is 19.5 Å². The van der Waals surface area contributed by atoms with Crippen LogP contribution >= 0.6 is 0 Å². The quantitative estimate of drug-likeness (QED) is 0.496. The zero-order valence-electron chi connectivity index (χ0n) is 12.3. The van der Waals surface area contributed by atoms with Crippen molar-refractivity contribution in [3.63, 3.8) is 0 Å². The summed E-state index contributed by atoms with van der Waals surface area (Å²) in [5, 5.41) is 2.43. The molecule has 1 aromatic carbocycles. The molecule has 0 aliphatic carbocycles. The van der Waals surface area contributed by atoms with Crippen LogP contribution in [0.3, 0.4) is 0 Å². The minimum Gasteiger partial charge on any atom is -0.486 e. The lowest BCUT2D eigenvalue weighted by molar-refractivity contribution is -0.143. The van der Waals surface area contributed by atoms with Crippen LogP contribution in [0.2, 0.25) is 0 Å². The Morgan fingerprint density at radius 1 is 1.30 bits per heavy atom. The Morgan fingerprint density at radius 3 is 2.78 bits per heavy atom. The highest BCUT2D eigenvalue weighted by atomic mass is 16.6. The zero-order valence-corrected chi connectivity index (χ0v) is 12.3. The summed E-state index contributed by atoms with van der Waals surface area (Å²) in [7, 11) is 1.19. The minimum atomic E-state index is -0.672. The molecule has 1 aromatic rings. The van der Waals surface area contributed by atoms with Crippen molar-refractivity contribution in [2.24, 2.45) is 0 Å². The summed E-state index contributed by atoms with van der Waals surface area (Å²) in [4.78, 5) is 36.0. The predicted molar refractivity (Wildman–Crippen MR) is 77.7 cm³/mol. The molecule has 1 saturated heterocycles. The van der Waals surface area contributed by atoms with Crippen LogP contribution in [-0.4, -0.2) is 49.7 Å². The highest BCUT2D eigenvalue weighted by Gasteiger charge is 2.35. The molecule has 8 heteroatoms. The Kier molecular flexibility index (Phi) is 3.88. The molecule has 0 saturated carbocycles. The van der Waals surface area contributed by atoms with E-state index in [1.165, 1.54) is 13.2 Å². The Labute approximate surface area is 131 Å². The molecule has 3 rings (SSSR count). The number of amides is 3. The average Bonchev–Trinajstić information content (AvgIpc) is 2.82. The van der Waals surface area contributed by atoms with E-state index < -0.39 is 24.5 Å². The van der Waals surface area contributed by atoms with Crippen LogP contribution in [-0.2, 0) is 14.3 Å². The number of fused-ring (bicyclic) bond motifs is 1. The monoisotopic (exact) mass is 318 g/mol. The van der Waals surface area contributed by atoms with Gasteiger partial charge in [0, 0.05) is 0 Å². The van der Waals surface area contributed by atoms with E-state index in [1.807, 2.05) is 0 Å². The number of ether oxygens (including phenoxy) is 3. The van der Waals surface area contributed by atoms with Crippen molar-refractivity contribution in [3.05, 3.63) is 29.5 Å². The highest BCUT2D eigenvalue weighted by Crippen LogP contribution is 2.31. The van der Waals surface area contributed by atoms with Crippen LogP contribution in [0.15, 0.2) is 23.9 Å². The lowest BCUT2D eigenvalue weighted by Gasteiger charge is -2.18. The van der Waals surface area contributed by atoms with Gasteiger partial charge in [0.2, 0.25) is 0 Å². The normalized spacial score (nSPS) is 18.1. The number of hydrogen-bond acceptors (Lipinski definition) is 6. The molecule has 0 unspecified atom stereocenters. The molecule has 0 atom stereocenters. The van der Waals surface area contributed by atoms with Crippen molar-refractivity contribution in [2.75, 3.05) is 26.9 Å². The number of carbonyl (C=O) groups is 3. The fourth-order valence-electron chi connectivity index (χ4n) is 2.23. The van der Waals surface area contributed by atoms with E-state index in [9.17, 15) is 14.4 Å². The third-order valence-corrected chi connectivity index (χ3v) is 3.35. The van der Waals surface area contributed by atoms with Crippen LogP contribution < -0.4 is 14.8 Å². The summed E-state index contributed by atoms with van der Waals surface area (Å²) in [5.41, 5.74) is 0.744. The van der Waals surface area contributed by atoms with E-state index in [0.717, 1.165) is 4.90 Å². The molecule has 8 nitrogen and oxygen atoms in total. The number of rotatable bonds is 3. The van der Waals surface area contributed by atoms with Crippen LogP contribution in [0, 0.1) is 0 Å².